The highest BCUT2D eigenvalue weighted by Crippen LogP contribution is 2.29. The maximum absolute atomic E-state index is 12.4. The van der Waals surface area contributed by atoms with Gasteiger partial charge in [-0.15, -0.1) is 0 Å². The molecule has 28 heavy (non-hydrogen) atoms. The second-order valence-corrected chi connectivity index (χ2v) is 6.97. The van der Waals surface area contributed by atoms with Crippen LogP contribution in [0.4, 0.5) is 0 Å². The van der Waals surface area contributed by atoms with Gasteiger partial charge in [-0.25, -0.2) is 9.67 Å². The van der Waals surface area contributed by atoms with Gasteiger partial charge in [-0.2, -0.15) is 10.2 Å². The average Bonchev–Trinajstić information content (AvgIpc) is 3.24. The molecule has 0 saturated heterocycles. The summed E-state index contributed by atoms with van der Waals surface area (Å²) in [5.41, 5.74) is 5.93. The van der Waals surface area contributed by atoms with E-state index in [1.807, 2.05) is 26.2 Å². The molecule has 7 nitrogen and oxygen atoms in total. The molecule has 3 aromatic heterocycles. The largest absolute Gasteiger partial charge is 0.350 e. The van der Waals surface area contributed by atoms with Crippen LogP contribution in [0.5, 0.6) is 0 Å². The molecule has 0 unspecified atom stereocenters. The van der Waals surface area contributed by atoms with Crippen LogP contribution in [-0.4, -0.2) is 30.5 Å². The number of carbonyl (C=O) groups excluding carboxylic acids is 1. The molecule has 0 bridgehead atoms. The van der Waals surface area contributed by atoms with Crippen molar-refractivity contribution in [2.45, 2.75) is 26.9 Å². The van der Waals surface area contributed by atoms with Gasteiger partial charge in [0.2, 0.25) is 5.91 Å². The molecule has 4 aromatic rings. The van der Waals surface area contributed by atoms with Crippen LogP contribution in [-0.2, 0) is 24.9 Å². The maximum atomic E-state index is 12.4. The number of rotatable bonds is 5. The molecule has 0 aliphatic heterocycles. The fourth-order valence-electron chi connectivity index (χ4n) is 3.32. The van der Waals surface area contributed by atoms with Crippen LogP contribution in [0.2, 0.25) is 0 Å². The Hall–Kier alpha value is -3.48. The molecule has 1 amide bonds. The second kappa shape index (κ2) is 7.26. The summed E-state index contributed by atoms with van der Waals surface area (Å²) in [5.74, 6) is -0.115. The monoisotopic (exact) mass is 374 g/mol. The predicted octanol–water partition coefficient (Wildman–Crippen LogP) is 2.77. The Morgan fingerprint density at radius 2 is 1.93 bits per heavy atom. The van der Waals surface area contributed by atoms with E-state index < -0.39 is 0 Å². The number of benzene rings is 1. The molecule has 1 aromatic carbocycles. The van der Waals surface area contributed by atoms with Crippen molar-refractivity contribution < 1.29 is 4.79 Å². The Balaban J connectivity index is 1.59. The van der Waals surface area contributed by atoms with E-state index in [-0.39, 0.29) is 12.5 Å². The first-order valence-electron chi connectivity index (χ1n) is 9.14. The zero-order valence-electron chi connectivity index (χ0n) is 16.2. The van der Waals surface area contributed by atoms with Gasteiger partial charge in [0.05, 0.1) is 11.9 Å². The molecule has 0 saturated carbocycles. The zero-order chi connectivity index (χ0) is 19.7. The fraction of sp³-hybridized carbons (Fsp3) is 0.238. The Labute approximate surface area is 163 Å². The minimum Gasteiger partial charge on any atom is -0.350 e. The highest BCUT2D eigenvalue weighted by Gasteiger charge is 2.16. The lowest BCUT2D eigenvalue weighted by atomic mass is 10.0. The molecule has 3 heterocycles. The highest BCUT2D eigenvalue weighted by atomic mass is 16.2. The molecular formula is C21H22N6O. The van der Waals surface area contributed by atoms with Crippen LogP contribution in [0, 0.1) is 13.8 Å². The Morgan fingerprint density at radius 1 is 1.14 bits per heavy atom. The number of nitrogens with one attached hydrogen (secondary N) is 1. The van der Waals surface area contributed by atoms with Gasteiger partial charge in [0.25, 0.3) is 0 Å². The van der Waals surface area contributed by atoms with Gasteiger partial charge < -0.3 is 5.32 Å². The summed E-state index contributed by atoms with van der Waals surface area (Å²) < 4.78 is 3.38. The second-order valence-electron chi connectivity index (χ2n) is 6.97. The topological polar surface area (TPSA) is 77.6 Å². The normalized spacial score (nSPS) is 11.1. The quantitative estimate of drug-likeness (QED) is 0.583. The zero-order valence-corrected chi connectivity index (χ0v) is 16.2. The first-order chi connectivity index (χ1) is 13.5. The van der Waals surface area contributed by atoms with Gasteiger partial charge in [-0.1, -0.05) is 29.8 Å². The van der Waals surface area contributed by atoms with Crippen LogP contribution < -0.4 is 5.32 Å². The van der Waals surface area contributed by atoms with E-state index in [2.05, 4.69) is 51.7 Å². The van der Waals surface area contributed by atoms with Crippen molar-refractivity contribution in [3.05, 3.63) is 65.7 Å². The molecular weight excluding hydrogens is 352 g/mol. The van der Waals surface area contributed by atoms with Crippen LogP contribution in [0.1, 0.15) is 16.8 Å². The van der Waals surface area contributed by atoms with E-state index in [0.717, 1.165) is 27.8 Å². The minimum atomic E-state index is -0.115. The van der Waals surface area contributed by atoms with Crippen molar-refractivity contribution in [3.63, 3.8) is 0 Å². The molecule has 0 radical (unpaired) electrons. The Kier molecular flexibility index (Phi) is 4.65. The van der Waals surface area contributed by atoms with Crippen molar-refractivity contribution in [1.82, 2.24) is 29.9 Å². The molecule has 142 valence electrons. The van der Waals surface area contributed by atoms with E-state index in [4.69, 9.17) is 0 Å². The van der Waals surface area contributed by atoms with E-state index in [1.54, 1.807) is 21.8 Å². The van der Waals surface area contributed by atoms with E-state index in [0.29, 0.717) is 12.2 Å². The van der Waals surface area contributed by atoms with Gasteiger partial charge in [-0.3, -0.25) is 9.48 Å². The first kappa shape index (κ1) is 17.9. The highest BCUT2D eigenvalue weighted by molar-refractivity contribution is 5.95. The molecule has 0 fully saturated rings. The average molecular weight is 374 g/mol. The lowest BCUT2D eigenvalue weighted by Gasteiger charge is -2.06. The summed E-state index contributed by atoms with van der Waals surface area (Å²) >= 11 is 0. The van der Waals surface area contributed by atoms with Crippen molar-refractivity contribution in [2.24, 2.45) is 7.05 Å². The summed E-state index contributed by atoms with van der Waals surface area (Å²) in [6, 6.07) is 10.4. The fourth-order valence-corrected chi connectivity index (χ4v) is 3.32. The van der Waals surface area contributed by atoms with Crippen molar-refractivity contribution >= 4 is 16.9 Å². The van der Waals surface area contributed by atoms with Crippen molar-refractivity contribution in [2.75, 3.05) is 0 Å². The van der Waals surface area contributed by atoms with Gasteiger partial charge in [0.15, 0.2) is 5.65 Å². The van der Waals surface area contributed by atoms with Crippen molar-refractivity contribution in [3.8, 4) is 11.1 Å². The Bertz CT molecular complexity index is 1140. The summed E-state index contributed by atoms with van der Waals surface area (Å²) in [6.07, 6.45) is 5.38. The SMILES string of the molecule is Cc1ccc(-c2ccnc3c2c(C)nn3CC(=O)NCc2cnn(C)c2)cc1. The van der Waals surface area contributed by atoms with Crippen LogP contribution >= 0.6 is 0 Å². The standard InChI is InChI=1S/C21H22N6O/c1-14-4-6-17(7-5-14)18-8-9-22-21-20(18)15(2)25-27(21)13-19(28)23-10-16-11-24-26(3)12-16/h4-9,11-12H,10,13H2,1-3H3,(H,23,28). The minimum absolute atomic E-state index is 0.115. The maximum Gasteiger partial charge on any atom is 0.242 e. The van der Waals surface area contributed by atoms with Crippen LogP contribution in [0.3, 0.4) is 0 Å². The summed E-state index contributed by atoms with van der Waals surface area (Å²) in [5, 5.41) is 12.6. The van der Waals surface area contributed by atoms with Crippen LogP contribution in [0.15, 0.2) is 48.9 Å². The molecule has 0 aliphatic carbocycles. The van der Waals surface area contributed by atoms with Gasteiger partial charge in [0.1, 0.15) is 6.54 Å². The molecule has 1 N–H and O–H groups in total. The first-order valence-corrected chi connectivity index (χ1v) is 9.14. The van der Waals surface area contributed by atoms with E-state index in [1.165, 1.54) is 5.56 Å². The number of carbonyl (C=O) groups is 1. The number of nitrogens with zero attached hydrogens (tertiary/aromatic N) is 5. The van der Waals surface area contributed by atoms with E-state index >= 15 is 0 Å². The molecule has 4 rings (SSSR count). The van der Waals surface area contributed by atoms with Crippen molar-refractivity contribution in [1.29, 1.82) is 0 Å². The summed E-state index contributed by atoms with van der Waals surface area (Å²) in [6.45, 7) is 4.58. The third kappa shape index (κ3) is 3.51. The van der Waals surface area contributed by atoms with Gasteiger partial charge in [0, 0.05) is 36.9 Å². The van der Waals surface area contributed by atoms with Gasteiger partial charge in [-0.05, 0) is 31.0 Å². The van der Waals surface area contributed by atoms with E-state index in [9.17, 15) is 4.79 Å². The smallest absolute Gasteiger partial charge is 0.242 e. The summed E-state index contributed by atoms with van der Waals surface area (Å²) in [4.78, 5) is 16.9. The number of aryl methyl sites for hydroxylation is 3. The van der Waals surface area contributed by atoms with Crippen LogP contribution in [0.25, 0.3) is 22.2 Å². The number of amides is 1. The Morgan fingerprint density at radius 3 is 2.64 bits per heavy atom. The summed E-state index contributed by atoms with van der Waals surface area (Å²) in [7, 11) is 1.85. The predicted molar refractivity (Wildman–Crippen MR) is 107 cm³/mol. The molecule has 0 atom stereocenters. The number of hydrogen-bond donors (Lipinski definition) is 1. The molecule has 0 aliphatic rings. The third-order valence-electron chi connectivity index (χ3n) is 4.71. The van der Waals surface area contributed by atoms with Gasteiger partial charge >= 0.3 is 0 Å². The number of hydrogen-bond acceptors (Lipinski definition) is 4. The lowest BCUT2D eigenvalue weighted by Crippen LogP contribution is -2.27. The number of aromatic nitrogens is 5. The molecule has 0 spiro atoms. The third-order valence-corrected chi connectivity index (χ3v) is 4.71. The number of fused-ring (bicyclic) bond motifs is 1. The molecule has 7 heteroatoms. The number of pyridine rings is 1. The lowest BCUT2D eigenvalue weighted by molar-refractivity contribution is -0.121.